The molecule has 3 atom stereocenters. The monoisotopic (exact) mass is 393 g/mol. The average Bonchev–Trinajstić information content (AvgIpc) is 2.68. The molecule has 4 N–H and O–H groups in total. The van der Waals surface area contributed by atoms with Crippen molar-refractivity contribution in [1.29, 1.82) is 0 Å². The summed E-state index contributed by atoms with van der Waals surface area (Å²) in [5, 5.41) is 15.6. The van der Waals surface area contributed by atoms with E-state index in [0.29, 0.717) is 24.1 Å². The number of carbonyl (C=O) groups is 1. The number of nitrogens with zero attached hydrogens (tertiary/aromatic N) is 1. The van der Waals surface area contributed by atoms with E-state index in [2.05, 4.69) is 36.0 Å². The number of primary amides is 1. The van der Waals surface area contributed by atoms with Crippen LogP contribution in [0.2, 0.25) is 0 Å². The van der Waals surface area contributed by atoms with Gasteiger partial charge >= 0.3 is 0 Å². The number of nitrogens with two attached hydrogens (primary N) is 1. The van der Waals surface area contributed by atoms with Crippen LogP contribution < -0.4 is 15.8 Å². The van der Waals surface area contributed by atoms with E-state index in [1.165, 1.54) is 11.1 Å². The van der Waals surface area contributed by atoms with Crippen molar-refractivity contribution in [2.24, 2.45) is 5.73 Å². The molecule has 0 unspecified atom stereocenters. The second-order valence-corrected chi connectivity index (χ2v) is 8.86. The van der Waals surface area contributed by atoms with Crippen molar-refractivity contribution in [3.05, 3.63) is 64.5 Å². The van der Waals surface area contributed by atoms with Crippen LogP contribution in [-0.4, -0.2) is 48.3 Å². The number of likely N-dealkylation sites (tertiary alicyclic amines) is 1. The minimum Gasteiger partial charge on any atom is -0.497 e. The highest BCUT2D eigenvalue weighted by molar-refractivity contribution is 5.97. The number of allylic oxidation sites excluding steroid dienone is 2. The average molecular weight is 393 g/mol. The Bertz CT molecular complexity index is 1010. The number of carbonyl (C=O) groups excluding carboxylic acids is 1. The SMILES string of the molecule is C=C1NC2=C(C=C1C(N)=O)C[C@@]1(O)[C@H]3Cc4ccc(OC)cc4[C@@]1(CCN3C)C2. The summed E-state index contributed by atoms with van der Waals surface area (Å²) in [4.78, 5) is 14.1. The van der Waals surface area contributed by atoms with Crippen molar-refractivity contribution in [2.75, 3.05) is 20.7 Å². The van der Waals surface area contributed by atoms with Crippen LogP contribution in [0.25, 0.3) is 0 Å². The lowest BCUT2D eigenvalue weighted by Crippen LogP contribution is -2.72. The van der Waals surface area contributed by atoms with Crippen LogP contribution in [0.15, 0.2) is 53.4 Å². The second-order valence-electron chi connectivity index (χ2n) is 8.86. The highest BCUT2D eigenvalue weighted by Gasteiger charge is 2.64. The van der Waals surface area contributed by atoms with Crippen molar-refractivity contribution in [2.45, 2.75) is 42.7 Å². The van der Waals surface area contributed by atoms with Gasteiger partial charge in [-0.3, -0.25) is 4.79 Å². The van der Waals surface area contributed by atoms with Gasteiger partial charge in [-0.2, -0.15) is 0 Å². The van der Waals surface area contributed by atoms with Crippen molar-refractivity contribution in [3.8, 4) is 5.75 Å². The first kappa shape index (κ1) is 18.5. The van der Waals surface area contributed by atoms with Gasteiger partial charge in [0.1, 0.15) is 5.75 Å². The number of ether oxygens (including phenoxy) is 1. The fraction of sp³-hybridized carbons (Fsp3) is 0.435. The van der Waals surface area contributed by atoms with E-state index in [1.807, 2.05) is 12.1 Å². The lowest BCUT2D eigenvalue weighted by molar-refractivity contribution is -0.144. The molecule has 2 heterocycles. The minimum atomic E-state index is -0.933. The van der Waals surface area contributed by atoms with Crippen molar-refractivity contribution in [3.63, 3.8) is 0 Å². The molecule has 0 aromatic heterocycles. The summed E-state index contributed by atoms with van der Waals surface area (Å²) in [6.45, 7) is 4.91. The summed E-state index contributed by atoms with van der Waals surface area (Å²) in [5.74, 6) is 0.312. The number of dihydropyridines is 1. The summed E-state index contributed by atoms with van der Waals surface area (Å²) in [7, 11) is 3.77. The van der Waals surface area contributed by atoms with Gasteiger partial charge in [0.2, 0.25) is 0 Å². The largest absolute Gasteiger partial charge is 0.497 e. The Hall–Kier alpha value is -2.57. The molecule has 6 heteroatoms. The highest BCUT2D eigenvalue weighted by atomic mass is 16.5. The van der Waals surface area contributed by atoms with Gasteiger partial charge in [-0.1, -0.05) is 12.6 Å². The molecule has 1 fully saturated rings. The number of benzene rings is 1. The molecule has 2 bridgehead atoms. The molecular weight excluding hydrogens is 366 g/mol. The fourth-order valence-corrected chi connectivity index (χ4v) is 6.06. The lowest BCUT2D eigenvalue weighted by atomic mass is 9.49. The number of amides is 1. The second kappa shape index (κ2) is 5.97. The predicted octanol–water partition coefficient (Wildman–Crippen LogP) is 1.50. The number of likely N-dealkylation sites (N-methyl/N-ethyl adjacent to an activating group) is 1. The third-order valence-corrected chi connectivity index (χ3v) is 7.59. The number of aliphatic hydroxyl groups is 1. The molecule has 0 radical (unpaired) electrons. The molecule has 0 saturated carbocycles. The Labute approximate surface area is 170 Å². The van der Waals surface area contributed by atoms with E-state index in [9.17, 15) is 9.90 Å². The number of methoxy groups -OCH3 is 1. The standard InChI is InChI=1S/C23H27N3O3/c1-13-17(21(24)27)8-15-11-23(28)20-9-14-4-5-16(29-3)10-18(14)22(23,6-7-26(20)2)12-19(15)25-13/h4-5,8,10,20,25,28H,1,6-7,9,11-12H2,2-3H3,(H2,24,27)/t20-,22-,23-/m1/s1. The molecule has 5 rings (SSSR count). The first-order valence-electron chi connectivity index (χ1n) is 10.1. The molecule has 1 aromatic rings. The van der Waals surface area contributed by atoms with E-state index in [0.717, 1.165) is 36.4 Å². The van der Waals surface area contributed by atoms with Crippen molar-refractivity contribution >= 4 is 5.91 Å². The molecule has 2 aliphatic heterocycles. The predicted molar refractivity (Wildman–Crippen MR) is 110 cm³/mol. The summed E-state index contributed by atoms with van der Waals surface area (Å²) < 4.78 is 5.52. The molecule has 152 valence electrons. The van der Waals surface area contributed by atoms with Gasteiger partial charge in [-0.25, -0.2) is 0 Å². The molecule has 2 aliphatic carbocycles. The molecule has 6 nitrogen and oxygen atoms in total. The lowest BCUT2D eigenvalue weighted by Gasteiger charge is -2.63. The van der Waals surface area contributed by atoms with Crippen molar-refractivity contribution < 1.29 is 14.6 Å². The molecule has 1 saturated heterocycles. The smallest absolute Gasteiger partial charge is 0.250 e. The van der Waals surface area contributed by atoms with Gasteiger partial charge in [-0.05, 0) is 61.3 Å². The number of hydrogen-bond acceptors (Lipinski definition) is 5. The Kier molecular flexibility index (Phi) is 3.80. The molecule has 4 aliphatic rings. The zero-order valence-corrected chi connectivity index (χ0v) is 16.9. The number of hydrogen-bond donors (Lipinski definition) is 3. The van der Waals surface area contributed by atoms with E-state index in [1.54, 1.807) is 7.11 Å². The van der Waals surface area contributed by atoms with Crippen LogP contribution in [0.5, 0.6) is 5.75 Å². The summed E-state index contributed by atoms with van der Waals surface area (Å²) >= 11 is 0. The van der Waals surface area contributed by atoms with Crippen LogP contribution in [0.3, 0.4) is 0 Å². The van der Waals surface area contributed by atoms with E-state index in [-0.39, 0.29) is 6.04 Å². The van der Waals surface area contributed by atoms with Gasteiger partial charge in [0, 0.05) is 35.7 Å². The van der Waals surface area contributed by atoms with Gasteiger partial charge < -0.3 is 25.8 Å². The minimum absolute atomic E-state index is 0.0155. The summed E-state index contributed by atoms with van der Waals surface area (Å²) in [6.07, 6.45) is 4.62. The molecule has 1 amide bonds. The molecule has 1 aromatic carbocycles. The highest BCUT2D eigenvalue weighted by Crippen LogP contribution is 2.59. The first-order chi connectivity index (χ1) is 13.8. The summed E-state index contributed by atoms with van der Waals surface area (Å²) in [5.41, 5.74) is 9.57. The number of fused-ring (bicyclic) bond motifs is 1. The van der Waals surface area contributed by atoms with Gasteiger partial charge in [0.05, 0.1) is 18.3 Å². The quantitative estimate of drug-likeness (QED) is 0.709. The Balaban J connectivity index is 1.72. The normalized spacial score (nSPS) is 33.1. The third kappa shape index (κ3) is 2.33. The van der Waals surface area contributed by atoms with Crippen LogP contribution in [0.1, 0.15) is 30.4 Å². The fourth-order valence-electron chi connectivity index (χ4n) is 6.06. The zero-order chi connectivity index (χ0) is 20.6. The van der Waals surface area contributed by atoms with Crippen LogP contribution in [0.4, 0.5) is 0 Å². The number of nitrogens with one attached hydrogen (secondary N) is 1. The Morgan fingerprint density at radius 3 is 2.93 bits per heavy atom. The third-order valence-electron chi connectivity index (χ3n) is 7.59. The first-order valence-corrected chi connectivity index (χ1v) is 10.1. The number of piperidine rings is 1. The maximum atomic E-state index is 12.3. The van der Waals surface area contributed by atoms with Crippen LogP contribution >= 0.6 is 0 Å². The zero-order valence-electron chi connectivity index (χ0n) is 16.9. The topological polar surface area (TPSA) is 87.8 Å². The van der Waals surface area contributed by atoms with Crippen molar-refractivity contribution in [1.82, 2.24) is 10.2 Å². The van der Waals surface area contributed by atoms with Gasteiger partial charge in [-0.15, -0.1) is 0 Å². The van der Waals surface area contributed by atoms with Gasteiger partial charge in [0.15, 0.2) is 0 Å². The number of rotatable bonds is 2. The van der Waals surface area contributed by atoms with Gasteiger partial charge in [0.25, 0.3) is 5.91 Å². The van der Waals surface area contributed by atoms with Crippen LogP contribution in [0, 0.1) is 0 Å². The molecular formula is C23H27N3O3. The Morgan fingerprint density at radius 2 is 2.21 bits per heavy atom. The molecule has 29 heavy (non-hydrogen) atoms. The van der Waals surface area contributed by atoms with E-state index in [4.69, 9.17) is 10.5 Å². The summed E-state index contributed by atoms with van der Waals surface area (Å²) in [6, 6.07) is 6.27. The molecule has 0 spiro atoms. The maximum Gasteiger partial charge on any atom is 0.250 e. The Morgan fingerprint density at radius 1 is 1.41 bits per heavy atom. The van der Waals surface area contributed by atoms with E-state index >= 15 is 0 Å². The maximum absolute atomic E-state index is 12.3. The van der Waals surface area contributed by atoms with Crippen LogP contribution in [-0.2, 0) is 16.6 Å². The van der Waals surface area contributed by atoms with E-state index < -0.39 is 16.9 Å².